The smallest absolute Gasteiger partial charge is 0.191 e. The van der Waals surface area contributed by atoms with Crippen molar-refractivity contribution in [1.82, 2.24) is 0 Å². The van der Waals surface area contributed by atoms with E-state index < -0.39 is 35.0 Å². The van der Waals surface area contributed by atoms with Crippen LogP contribution in [-0.4, -0.2) is 17.0 Å². The van der Waals surface area contributed by atoms with E-state index in [4.69, 9.17) is 0 Å². The molecule has 0 heterocycles. The minimum absolute atomic E-state index is 0.461. The molecule has 0 aliphatic carbocycles. The number of aliphatic hydroxyl groups excluding tert-OH is 1. The van der Waals surface area contributed by atoms with Gasteiger partial charge in [0.1, 0.15) is 11.6 Å². The highest BCUT2D eigenvalue weighted by atomic mass is 79.9. The van der Waals surface area contributed by atoms with Crippen molar-refractivity contribution in [2.24, 2.45) is 0 Å². The first kappa shape index (κ1) is 18.5. The van der Waals surface area contributed by atoms with E-state index in [1.807, 2.05) is 25.1 Å². The number of rotatable bonds is 5. The summed E-state index contributed by atoms with van der Waals surface area (Å²) in [6.07, 6.45) is 1.83. The van der Waals surface area contributed by atoms with Crippen molar-refractivity contribution in [2.75, 3.05) is 0 Å². The predicted molar refractivity (Wildman–Crippen MR) is 93.1 cm³/mol. The van der Waals surface area contributed by atoms with Gasteiger partial charge in [-0.25, -0.2) is 8.78 Å². The Labute approximate surface area is 148 Å². The maximum Gasteiger partial charge on any atom is 0.191 e. The third-order valence-corrected chi connectivity index (χ3v) is 4.27. The summed E-state index contributed by atoms with van der Waals surface area (Å²) in [6.45, 7) is 3.49. The Balaban J connectivity index is 2.34. The molecule has 1 unspecified atom stereocenters. The molecule has 0 amide bonds. The topological polar surface area (TPSA) is 37.3 Å². The molecule has 0 aliphatic heterocycles. The van der Waals surface area contributed by atoms with Crippen molar-refractivity contribution in [3.05, 3.63) is 81.3 Å². The summed E-state index contributed by atoms with van der Waals surface area (Å²) < 4.78 is 28.2. The zero-order valence-corrected chi connectivity index (χ0v) is 14.8. The standard InChI is InChI=1S/C19H17BrF2O2/c1-11-10-13(20)6-7-14(11)15(12(2)23)8-9-18(24)19-16(21)4-3-5-17(19)22/h3-10,12,15,23H,1-2H3/b9-8+/t12-,15?/m1/s1. The first-order chi connectivity index (χ1) is 11.3. The van der Waals surface area contributed by atoms with Gasteiger partial charge < -0.3 is 5.11 Å². The summed E-state index contributed by atoms with van der Waals surface area (Å²) in [4.78, 5) is 12.1. The van der Waals surface area contributed by atoms with Gasteiger partial charge in [-0.1, -0.05) is 34.1 Å². The lowest BCUT2D eigenvalue weighted by atomic mass is 9.90. The quantitative estimate of drug-likeness (QED) is 0.575. The van der Waals surface area contributed by atoms with E-state index in [-0.39, 0.29) is 0 Å². The number of carbonyl (C=O) groups is 1. The van der Waals surface area contributed by atoms with E-state index in [9.17, 15) is 18.7 Å². The second-order valence-corrected chi connectivity index (χ2v) is 6.50. The molecule has 0 saturated carbocycles. The van der Waals surface area contributed by atoms with Crippen LogP contribution in [0.4, 0.5) is 8.78 Å². The molecular formula is C19H17BrF2O2. The van der Waals surface area contributed by atoms with Crippen LogP contribution in [0.5, 0.6) is 0 Å². The molecule has 2 atom stereocenters. The van der Waals surface area contributed by atoms with Crippen LogP contribution < -0.4 is 0 Å². The predicted octanol–water partition coefficient (Wildman–Crippen LogP) is 4.94. The SMILES string of the molecule is Cc1cc(Br)ccc1C(/C=C/C(=O)c1c(F)cccc1F)[C@@H](C)O. The Morgan fingerprint density at radius 3 is 2.38 bits per heavy atom. The van der Waals surface area contributed by atoms with Crippen LogP contribution in [0.1, 0.15) is 34.3 Å². The van der Waals surface area contributed by atoms with Gasteiger partial charge in [0, 0.05) is 10.4 Å². The van der Waals surface area contributed by atoms with E-state index in [0.29, 0.717) is 0 Å². The van der Waals surface area contributed by atoms with Gasteiger partial charge in [-0.2, -0.15) is 0 Å². The number of carbonyl (C=O) groups excluding carboxylic acids is 1. The number of halogens is 3. The summed E-state index contributed by atoms with van der Waals surface area (Å²) >= 11 is 3.37. The zero-order chi connectivity index (χ0) is 17.9. The van der Waals surface area contributed by atoms with Crippen molar-refractivity contribution in [3.8, 4) is 0 Å². The van der Waals surface area contributed by atoms with Crippen LogP contribution in [0, 0.1) is 18.6 Å². The monoisotopic (exact) mass is 394 g/mol. The minimum Gasteiger partial charge on any atom is -0.392 e. The van der Waals surface area contributed by atoms with Gasteiger partial charge in [-0.3, -0.25) is 4.79 Å². The maximum absolute atomic E-state index is 13.7. The lowest BCUT2D eigenvalue weighted by Gasteiger charge is -2.19. The molecule has 0 saturated heterocycles. The highest BCUT2D eigenvalue weighted by Crippen LogP contribution is 2.27. The van der Waals surface area contributed by atoms with E-state index in [1.165, 1.54) is 12.1 Å². The van der Waals surface area contributed by atoms with E-state index in [2.05, 4.69) is 15.9 Å². The fourth-order valence-electron chi connectivity index (χ4n) is 2.55. The van der Waals surface area contributed by atoms with E-state index >= 15 is 0 Å². The molecule has 0 radical (unpaired) electrons. The van der Waals surface area contributed by atoms with Gasteiger partial charge in [0.2, 0.25) is 0 Å². The van der Waals surface area contributed by atoms with Crippen LogP contribution >= 0.6 is 15.9 Å². The number of aryl methyl sites for hydroxylation is 1. The molecule has 5 heteroatoms. The highest BCUT2D eigenvalue weighted by molar-refractivity contribution is 9.10. The second kappa shape index (κ2) is 7.81. The molecule has 1 N–H and O–H groups in total. The summed E-state index contributed by atoms with van der Waals surface area (Å²) in [6, 6.07) is 8.86. The van der Waals surface area contributed by atoms with E-state index in [1.54, 1.807) is 6.92 Å². The summed E-state index contributed by atoms with van der Waals surface area (Å²) in [5, 5.41) is 10.0. The van der Waals surface area contributed by atoms with Crippen molar-refractivity contribution in [3.63, 3.8) is 0 Å². The molecule has 2 nitrogen and oxygen atoms in total. The number of allylic oxidation sites excluding steroid dienone is 1. The Kier molecular flexibility index (Phi) is 6.02. The molecule has 126 valence electrons. The summed E-state index contributed by atoms with van der Waals surface area (Å²) in [5.74, 6) is -3.04. The summed E-state index contributed by atoms with van der Waals surface area (Å²) in [5.41, 5.74) is 1.18. The molecule has 2 aromatic rings. The zero-order valence-electron chi connectivity index (χ0n) is 13.3. The van der Waals surface area contributed by atoms with Gasteiger partial charge in [0.15, 0.2) is 5.78 Å². The molecule has 2 aromatic carbocycles. The number of hydrogen-bond donors (Lipinski definition) is 1. The Morgan fingerprint density at radius 2 is 1.83 bits per heavy atom. The van der Waals surface area contributed by atoms with Gasteiger partial charge in [-0.15, -0.1) is 0 Å². The highest BCUT2D eigenvalue weighted by Gasteiger charge is 2.19. The lowest BCUT2D eigenvalue weighted by molar-refractivity contribution is 0.103. The van der Waals surface area contributed by atoms with Crippen LogP contribution in [0.2, 0.25) is 0 Å². The Bertz CT molecular complexity index is 765. The molecular weight excluding hydrogens is 378 g/mol. The number of aliphatic hydroxyl groups is 1. The molecule has 0 spiro atoms. The number of ketones is 1. The molecule has 0 aliphatic rings. The molecule has 0 fully saturated rings. The van der Waals surface area contributed by atoms with Crippen LogP contribution in [0.3, 0.4) is 0 Å². The van der Waals surface area contributed by atoms with Crippen molar-refractivity contribution in [2.45, 2.75) is 25.9 Å². The average molecular weight is 395 g/mol. The van der Waals surface area contributed by atoms with Gasteiger partial charge in [0.05, 0.1) is 11.7 Å². The molecule has 0 aromatic heterocycles. The fourth-order valence-corrected chi connectivity index (χ4v) is 3.02. The van der Waals surface area contributed by atoms with Crippen LogP contribution in [0.25, 0.3) is 0 Å². The van der Waals surface area contributed by atoms with Crippen molar-refractivity contribution < 1.29 is 18.7 Å². The van der Waals surface area contributed by atoms with Crippen LogP contribution in [-0.2, 0) is 0 Å². The van der Waals surface area contributed by atoms with Crippen LogP contribution in [0.15, 0.2) is 53.0 Å². The van der Waals surface area contributed by atoms with Crippen molar-refractivity contribution in [1.29, 1.82) is 0 Å². The second-order valence-electron chi connectivity index (χ2n) is 5.59. The normalized spacial score (nSPS) is 13.9. The van der Waals surface area contributed by atoms with Gasteiger partial charge in [0.25, 0.3) is 0 Å². The maximum atomic E-state index is 13.7. The molecule has 0 bridgehead atoms. The molecule has 2 rings (SSSR count). The lowest BCUT2D eigenvalue weighted by Crippen LogP contribution is -2.14. The first-order valence-corrected chi connectivity index (χ1v) is 8.21. The Morgan fingerprint density at radius 1 is 1.21 bits per heavy atom. The van der Waals surface area contributed by atoms with Gasteiger partial charge in [-0.05, 0) is 55.3 Å². The van der Waals surface area contributed by atoms with E-state index in [0.717, 1.165) is 33.8 Å². The third-order valence-electron chi connectivity index (χ3n) is 3.77. The molecule has 24 heavy (non-hydrogen) atoms. The first-order valence-electron chi connectivity index (χ1n) is 7.42. The fraction of sp³-hybridized carbons (Fsp3) is 0.211. The Hall–Kier alpha value is -1.85. The number of benzene rings is 2. The number of hydrogen-bond acceptors (Lipinski definition) is 2. The van der Waals surface area contributed by atoms with Crippen molar-refractivity contribution >= 4 is 21.7 Å². The summed E-state index contributed by atoms with van der Waals surface area (Å²) in [7, 11) is 0. The average Bonchev–Trinajstić information content (AvgIpc) is 2.48. The third kappa shape index (κ3) is 4.16. The minimum atomic E-state index is -0.905. The van der Waals surface area contributed by atoms with Gasteiger partial charge >= 0.3 is 0 Å². The largest absolute Gasteiger partial charge is 0.392 e.